The molecule has 1 heterocycles. The largest absolute Gasteiger partial charge is 0.376 e. The summed E-state index contributed by atoms with van der Waals surface area (Å²) >= 11 is 0. The normalized spacial score (nSPS) is 18.5. The van der Waals surface area contributed by atoms with Crippen molar-refractivity contribution in [1.82, 2.24) is 10.6 Å². The second-order valence-corrected chi connectivity index (χ2v) is 6.20. The van der Waals surface area contributed by atoms with Crippen LogP contribution in [0.15, 0.2) is 41.9 Å². The van der Waals surface area contributed by atoms with Crippen molar-refractivity contribution in [1.29, 1.82) is 0 Å². The van der Waals surface area contributed by atoms with Crippen LogP contribution in [0.5, 0.6) is 0 Å². The Kier molecular flexibility index (Phi) is 7.47. The number of hydrogen-bond donors (Lipinski definition) is 3. The molecular weight excluding hydrogens is 316 g/mol. The highest BCUT2D eigenvalue weighted by Gasteiger charge is 2.22. The molecule has 6 nitrogen and oxygen atoms in total. The van der Waals surface area contributed by atoms with Gasteiger partial charge < -0.3 is 20.7 Å². The molecule has 2 atom stereocenters. The van der Waals surface area contributed by atoms with Crippen LogP contribution >= 0.6 is 0 Å². The van der Waals surface area contributed by atoms with Gasteiger partial charge in [0.25, 0.3) is 0 Å². The quantitative estimate of drug-likeness (QED) is 0.403. The third-order valence-electron chi connectivity index (χ3n) is 3.97. The van der Waals surface area contributed by atoms with Gasteiger partial charge in [-0.2, -0.15) is 0 Å². The fourth-order valence-electron chi connectivity index (χ4n) is 2.75. The molecule has 1 fully saturated rings. The highest BCUT2D eigenvalue weighted by molar-refractivity contribution is 5.88. The van der Waals surface area contributed by atoms with Crippen molar-refractivity contribution >= 4 is 17.6 Å². The number of nitrogens with zero attached hydrogens (tertiary/aromatic N) is 1. The molecular formula is C19H28N4O2. The van der Waals surface area contributed by atoms with E-state index in [1.165, 1.54) is 6.92 Å². The zero-order chi connectivity index (χ0) is 18.1. The highest BCUT2D eigenvalue weighted by atomic mass is 16.5. The molecule has 0 bridgehead atoms. The van der Waals surface area contributed by atoms with E-state index >= 15 is 0 Å². The number of anilines is 1. The van der Waals surface area contributed by atoms with Crippen LogP contribution in [0, 0.1) is 0 Å². The van der Waals surface area contributed by atoms with Crippen molar-refractivity contribution in [3.63, 3.8) is 0 Å². The predicted molar refractivity (Wildman–Crippen MR) is 102 cm³/mol. The molecule has 0 aliphatic carbocycles. The Labute approximate surface area is 149 Å². The van der Waals surface area contributed by atoms with Gasteiger partial charge in [0.15, 0.2) is 5.96 Å². The van der Waals surface area contributed by atoms with Crippen LogP contribution in [0.1, 0.15) is 32.3 Å². The highest BCUT2D eigenvalue weighted by Crippen LogP contribution is 2.15. The van der Waals surface area contributed by atoms with Gasteiger partial charge >= 0.3 is 0 Å². The first kappa shape index (κ1) is 19.0. The van der Waals surface area contributed by atoms with Crippen LogP contribution in [0.2, 0.25) is 0 Å². The zero-order valence-corrected chi connectivity index (χ0v) is 15.0. The minimum atomic E-state index is -0.0824. The molecule has 1 aromatic carbocycles. The lowest BCUT2D eigenvalue weighted by atomic mass is 10.1. The number of benzene rings is 1. The van der Waals surface area contributed by atoms with E-state index in [4.69, 9.17) is 4.74 Å². The first-order valence-electron chi connectivity index (χ1n) is 8.72. The average Bonchev–Trinajstić information content (AvgIpc) is 3.11. The zero-order valence-electron chi connectivity index (χ0n) is 15.0. The molecule has 6 heteroatoms. The minimum absolute atomic E-state index is 0.0824. The molecule has 0 aromatic heterocycles. The lowest BCUT2D eigenvalue weighted by molar-refractivity contribution is -0.114. The van der Waals surface area contributed by atoms with E-state index in [-0.39, 0.29) is 18.1 Å². The van der Waals surface area contributed by atoms with E-state index in [0.717, 1.165) is 36.7 Å². The smallest absolute Gasteiger partial charge is 0.221 e. The molecule has 1 aromatic rings. The topological polar surface area (TPSA) is 74.8 Å². The van der Waals surface area contributed by atoms with Gasteiger partial charge in [0, 0.05) is 25.8 Å². The third kappa shape index (κ3) is 6.58. The number of carbonyl (C=O) groups excluding carboxylic acids is 1. The number of amides is 1. The Morgan fingerprint density at radius 1 is 1.52 bits per heavy atom. The van der Waals surface area contributed by atoms with Crippen LogP contribution in [-0.2, 0) is 16.1 Å². The van der Waals surface area contributed by atoms with Crippen LogP contribution in [0.4, 0.5) is 5.69 Å². The summed E-state index contributed by atoms with van der Waals surface area (Å²) in [5.74, 6) is 0.647. The molecule has 1 saturated heterocycles. The number of carbonyl (C=O) groups is 1. The summed E-state index contributed by atoms with van der Waals surface area (Å²) < 4.78 is 5.73. The molecule has 1 aliphatic rings. The Hall–Kier alpha value is -2.34. The van der Waals surface area contributed by atoms with Crippen LogP contribution in [0.25, 0.3) is 0 Å². The second-order valence-electron chi connectivity index (χ2n) is 6.20. The summed E-state index contributed by atoms with van der Waals surface area (Å²) in [5, 5.41) is 9.43. The molecule has 1 amide bonds. The predicted octanol–water partition coefficient (Wildman–Crippen LogP) is 2.43. The number of hydrogen-bond acceptors (Lipinski definition) is 3. The second kappa shape index (κ2) is 9.84. The monoisotopic (exact) mass is 344 g/mol. The summed E-state index contributed by atoms with van der Waals surface area (Å²) in [5.41, 5.74) is 1.80. The van der Waals surface area contributed by atoms with Crippen molar-refractivity contribution in [2.24, 2.45) is 4.99 Å². The summed E-state index contributed by atoms with van der Waals surface area (Å²) in [6, 6.07) is 7.88. The summed E-state index contributed by atoms with van der Waals surface area (Å²) in [6.07, 6.45) is 4.20. The standard InChI is InChI=1S/C19H28N4O2/c1-4-10-20-19(22-14(2)18-9-6-11-25-18)21-13-16-7-5-8-17(12-16)23-15(3)24/h4-5,7-8,12,14,18H,1,6,9-11,13H2,2-3H3,(H,23,24)(H2,20,21,22). The van der Waals surface area contributed by atoms with Crippen LogP contribution < -0.4 is 16.0 Å². The number of ether oxygens (including phenoxy) is 1. The summed E-state index contributed by atoms with van der Waals surface area (Å²) in [4.78, 5) is 15.8. The van der Waals surface area contributed by atoms with E-state index in [0.29, 0.717) is 13.1 Å². The third-order valence-corrected chi connectivity index (χ3v) is 3.97. The maximum absolute atomic E-state index is 11.2. The summed E-state index contributed by atoms with van der Waals surface area (Å²) in [6.45, 7) is 9.32. The molecule has 2 rings (SSSR count). The van der Waals surface area contributed by atoms with Crippen molar-refractivity contribution < 1.29 is 9.53 Å². The maximum atomic E-state index is 11.2. The molecule has 0 saturated carbocycles. The fraction of sp³-hybridized carbons (Fsp3) is 0.474. The van der Waals surface area contributed by atoms with E-state index in [1.54, 1.807) is 6.08 Å². The molecule has 25 heavy (non-hydrogen) atoms. The van der Waals surface area contributed by atoms with E-state index in [2.05, 4.69) is 34.4 Å². The van der Waals surface area contributed by atoms with E-state index < -0.39 is 0 Å². The van der Waals surface area contributed by atoms with Crippen LogP contribution in [0.3, 0.4) is 0 Å². The van der Waals surface area contributed by atoms with Gasteiger partial charge in [0.05, 0.1) is 18.7 Å². The van der Waals surface area contributed by atoms with Crippen molar-refractivity contribution in [3.8, 4) is 0 Å². The first-order chi connectivity index (χ1) is 12.1. The van der Waals surface area contributed by atoms with Gasteiger partial charge in [-0.1, -0.05) is 18.2 Å². The Morgan fingerprint density at radius 2 is 2.36 bits per heavy atom. The lowest BCUT2D eigenvalue weighted by Gasteiger charge is -2.22. The van der Waals surface area contributed by atoms with Crippen molar-refractivity contribution in [3.05, 3.63) is 42.5 Å². The van der Waals surface area contributed by atoms with Gasteiger partial charge in [-0.25, -0.2) is 4.99 Å². The molecule has 3 N–H and O–H groups in total. The Bertz CT molecular complexity index is 609. The van der Waals surface area contributed by atoms with E-state index in [9.17, 15) is 4.79 Å². The van der Waals surface area contributed by atoms with Gasteiger partial charge in [-0.15, -0.1) is 6.58 Å². The van der Waals surface area contributed by atoms with Gasteiger partial charge in [-0.3, -0.25) is 4.79 Å². The van der Waals surface area contributed by atoms with Crippen LogP contribution in [-0.4, -0.2) is 37.2 Å². The molecule has 0 spiro atoms. The van der Waals surface area contributed by atoms with Crippen molar-refractivity contribution in [2.75, 3.05) is 18.5 Å². The Morgan fingerprint density at radius 3 is 3.04 bits per heavy atom. The molecule has 2 unspecified atom stereocenters. The number of rotatable bonds is 7. The maximum Gasteiger partial charge on any atom is 0.221 e. The van der Waals surface area contributed by atoms with Gasteiger partial charge in [0.2, 0.25) is 5.91 Å². The number of nitrogens with one attached hydrogen (secondary N) is 3. The van der Waals surface area contributed by atoms with Gasteiger partial charge in [0.1, 0.15) is 0 Å². The SMILES string of the molecule is C=CCNC(=NCc1cccc(NC(C)=O)c1)NC(C)C1CCCO1. The molecule has 1 aliphatic heterocycles. The van der Waals surface area contributed by atoms with E-state index in [1.807, 2.05) is 24.3 Å². The number of guanidine groups is 1. The minimum Gasteiger partial charge on any atom is -0.376 e. The van der Waals surface area contributed by atoms with Crippen molar-refractivity contribution in [2.45, 2.75) is 45.4 Å². The molecule has 136 valence electrons. The lowest BCUT2D eigenvalue weighted by Crippen LogP contribution is -2.47. The summed E-state index contributed by atoms with van der Waals surface area (Å²) in [7, 11) is 0. The average molecular weight is 344 g/mol. The van der Waals surface area contributed by atoms with Gasteiger partial charge in [-0.05, 0) is 37.5 Å². The Balaban J connectivity index is 2.00. The molecule has 0 radical (unpaired) electrons. The fourth-order valence-corrected chi connectivity index (χ4v) is 2.75. The number of aliphatic imine (C=N–C) groups is 1. The first-order valence-corrected chi connectivity index (χ1v) is 8.72.